The number of hydrogen-bond acceptors (Lipinski definition) is 2. The van der Waals surface area contributed by atoms with Gasteiger partial charge >= 0.3 is 176 Å². The van der Waals surface area contributed by atoms with Crippen LogP contribution in [0.1, 0.15) is 89.0 Å². The van der Waals surface area contributed by atoms with Gasteiger partial charge in [0.25, 0.3) is 0 Å². The zero-order valence-corrected chi connectivity index (χ0v) is 23.1. The predicted octanol–water partition coefficient (Wildman–Crippen LogP) is 6.24. The molecule has 1 fully saturated rings. The van der Waals surface area contributed by atoms with Crippen molar-refractivity contribution in [3.05, 3.63) is 18.2 Å². The summed E-state index contributed by atoms with van der Waals surface area (Å²) in [6.45, 7) is 30.3. The van der Waals surface area contributed by atoms with Gasteiger partial charge in [-0.2, -0.15) is 0 Å². The summed E-state index contributed by atoms with van der Waals surface area (Å²) in [5.74, 6) is 0. The fourth-order valence-electron chi connectivity index (χ4n) is 6.12. The van der Waals surface area contributed by atoms with Gasteiger partial charge in [-0.1, -0.05) is 0 Å². The van der Waals surface area contributed by atoms with E-state index in [0.29, 0.717) is 0 Å². The van der Waals surface area contributed by atoms with Crippen LogP contribution >= 0.6 is 0 Å². The Balaban J connectivity index is 2.88. The molecule has 0 N–H and O–H groups in total. The normalized spacial score (nSPS) is 22.3. The summed E-state index contributed by atoms with van der Waals surface area (Å²) < 4.78 is 9.71. The molecule has 0 amide bonds. The predicted molar refractivity (Wildman–Crippen MR) is 126 cm³/mol. The summed E-state index contributed by atoms with van der Waals surface area (Å²) >= 11 is -3.10. The fraction of sp³-hybridized carbons (Fsp3) is 0.826. The topological polar surface area (TPSA) is 6.48 Å². The first-order chi connectivity index (χ1) is 12.4. The molecule has 1 saturated heterocycles. The van der Waals surface area contributed by atoms with Crippen molar-refractivity contribution in [3.63, 3.8) is 0 Å². The molecule has 0 atom stereocenters. The molecule has 0 aromatic carbocycles. The van der Waals surface area contributed by atoms with E-state index in [-0.39, 0.29) is 11.1 Å². The van der Waals surface area contributed by atoms with Crippen LogP contribution in [0.15, 0.2) is 18.2 Å². The molecule has 0 bridgehead atoms. The van der Waals surface area contributed by atoms with E-state index >= 15 is 0 Å². The van der Waals surface area contributed by atoms with Crippen molar-refractivity contribution < 1.29 is 0 Å². The van der Waals surface area contributed by atoms with Crippen LogP contribution in [0.4, 0.5) is 0 Å². The Labute approximate surface area is 175 Å². The van der Waals surface area contributed by atoms with Gasteiger partial charge in [-0.25, -0.2) is 0 Å². The Morgan fingerprint density at radius 1 is 0.815 bits per heavy atom. The first-order valence-corrected chi connectivity index (χ1v) is 16.8. The SMILES string of the molecule is CCB(CC)C1=[C](C)[Sn]2([C](C)=C1CC)[N](C(C)(C)C)CCC[N]2C(C)(C)C. The van der Waals surface area contributed by atoms with Crippen molar-refractivity contribution in [2.75, 3.05) is 13.1 Å². The molecule has 2 aliphatic heterocycles. The van der Waals surface area contributed by atoms with Gasteiger partial charge < -0.3 is 0 Å². The van der Waals surface area contributed by atoms with Gasteiger partial charge in [-0.3, -0.25) is 0 Å². The van der Waals surface area contributed by atoms with Crippen LogP contribution in [0, 0.1) is 0 Å². The third-order valence-corrected chi connectivity index (χ3v) is 24.3. The van der Waals surface area contributed by atoms with Gasteiger partial charge in [0.15, 0.2) is 0 Å². The first-order valence-electron chi connectivity index (χ1n) is 11.4. The molecule has 2 rings (SSSR count). The van der Waals surface area contributed by atoms with Crippen LogP contribution in [-0.2, 0) is 0 Å². The van der Waals surface area contributed by atoms with E-state index in [2.05, 4.69) is 82.4 Å². The van der Waals surface area contributed by atoms with Crippen molar-refractivity contribution in [3.8, 4) is 0 Å². The van der Waals surface area contributed by atoms with Crippen molar-refractivity contribution in [1.29, 1.82) is 0 Å². The average Bonchev–Trinajstić information content (AvgIpc) is 2.77. The zero-order valence-electron chi connectivity index (χ0n) is 20.2. The van der Waals surface area contributed by atoms with Crippen molar-refractivity contribution in [1.82, 2.24) is 6.24 Å². The van der Waals surface area contributed by atoms with E-state index < -0.39 is 18.9 Å². The van der Waals surface area contributed by atoms with E-state index in [1.54, 1.807) is 11.0 Å². The van der Waals surface area contributed by atoms with Gasteiger partial charge in [0.1, 0.15) is 0 Å². The summed E-state index contributed by atoms with van der Waals surface area (Å²) in [6.07, 6.45) is 5.04. The molecule has 2 nitrogen and oxygen atoms in total. The molecule has 2 heterocycles. The maximum atomic E-state index is 3.03. The first kappa shape index (κ1) is 23.5. The molecule has 0 radical (unpaired) electrons. The molecular formula is C23H45BN2Sn. The minimum absolute atomic E-state index is 0.227. The third kappa shape index (κ3) is 3.74. The van der Waals surface area contributed by atoms with Crippen LogP contribution in [0.2, 0.25) is 12.6 Å². The molecule has 1 spiro atoms. The molecule has 0 unspecified atom stereocenters. The molecule has 2 aliphatic rings. The Hall–Kier alpha value is 0.264. The van der Waals surface area contributed by atoms with Gasteiger partial charge in [0, 0.05) is 0 Å². The molecule has 0 aromatic heterocycles. The van der Waals surface area contributed by atoms with E-state index in [0.717, 1.165) is 6.71 Å². The van der Waals surface area contributed by atoms with Crippen LogP contribution in [0.5, 0.6) is 0 Å². The summed E-state index contributed by atoms with van der Waals surface area (Å²) in [4.78, 5) is 0. The molecule has 0 saturated carbocycles. The fourth-order valence-corrected chi connectivity index (χ4v) is 25.6. The Morgan fingerprint density at radius 2 is 1.26 bits per heavy atom. The van der Waals surface area contributed by atoms with Crippen LogP contribution in [-0.4, -0.2) is 56.0 Å². The Morgan fingerprint density at radius 3 is 1.59 bits per heavy atom. The average molecular weight is 479 g/mol. The van der Waals surface area contributed by atoms with Crippen molar-refractivity contribution in [2.45, 2.75) is 113 Å². The van der Waals surface area contributed by atoms with Crippen LogP contribution in [0.25, 0.3) is 0 Å². The van der Waals surface area contributed by atoms with Crippen molar-refractivity contribution >= 4 is 25.6 Å². The molecule has 4 heteroatoms. The number of allylic oxidation sites excluding steroid dienone is 4. The van der Waals surface area contributed by atoms with Crippen LogP contribution < -0.4 is 0 Å². The van der Waals surface area contributed by atoms with E-state index in [9.17, 15) is 0 Å². The summed E-state index contributed by atoms with van der Waals surface area (Å²) in [6, 6.07) is 0. The number of hydrogen-bond donors (Lipinski definition) is 0. The molecular weight excluding hydrogens is 434 g/mol. The van der Waals surface area contributed by atoms with Gasteiger partial charge in [-0.15, -0.1) is 0 Å². The van der Waals surface area contributed by atoms with E-state index in [4.69, 9.17) is 0 Å². The monoisotopic (exact) mass is 480 g/mol. The summed E-state index contributed by atoms with van der Waals surface area (Å²) in [5.41, 5.74) is 3.97. The Bertz CT molecular complexity index is 595. The Kier molecular flexibility index (Phi) is 7.13. The van der Waals surface area contributed by atoms with E-state index in [1.165, 1.54) is 38.6 Å². The second-order valence-corrected chi connectivity index (χ2v) is 21.9. The zero-order chi connectivity index (χ0) is 20.8. The molecule has 0 aliphatic carbocycles. The molecule has 0 aromatic rings. The second-order valence-electron chi connectivity index (χ2n) is 10.7. The quantitative estimate of drug-likeness (QED) is 0.441. The molecule has 154 valence electrons. The summed E-state index contributed by atoms with van der Waals surface area (Å²) in [7, 11) is 0. The standard InChI is InChI=1S/C12H21B.C11H24N2.Sn/c1-6-11(7-2)12(8-3)13(9-4)10-5;1-10(2,3)12-8-7-9-13-11(4,5)6;/h6,9-10H2,1-5H3;7-9H2,1-6H3;/q;-2;+2. The summed E-state index contributed by atoms with van der Waals surface area (Å²) in [5, 5.41) is 0. The minimum atomic E-state index is -3.10. The second kappa shape index (κ2) is 8.18. The maximum absolute atomic E-state index is 3.10. The van der Waals surface area contributed by atoms with E-state index in [1.807, 2.05) is 7.18 Å². The number of nitrogens with zero attached hydrogens (tertiary/aromatic N) is 2. The van der Waals surface area contributed by atoms with Crippen molar-refractivity contribution in [2.24, 2.45) is 0 Å². The third-order valence-electron chi connectivity index (χ3n) is 7.14. The number of rotatable bonds is 4. The van der Waals surface area contributed by atoms with Gasteiger partial charge in [0.05, 0.1) is 0 Å². The molecule has 27 heavy (non-hydrogen) atoms. The van der Waals surface area contributed by atoms with Gasteiger partial charge in [0.2, 0.25) is 0 Å². The van der Waals surface area contributed by atoms with Crippen LogP contribution in [0.3, 0.4) is 0 Å². The van der Waals surface area contributed by atoms with Gasteiger partial charge in [-0.05, 0) is 0 Å².